The van der Waals surface area contributed by atoms with Crippen LogP contribution in [0.25, 0.3) is 0 Å². The molecule has 0 spiro atoms. The number of amides is 1. The summed E-state index contributed by atoms with van der Waals surface area (Å²) in [6, 6.07) is 0. The monoisotopic (exact) mass is 297 g/mol. The minimum absolute atomic E-state index is 0.0210. The van der Waals surface area contributed by atoms with Crippen molar-refractivity contribution in [1.29, 1.82) is 0 Å². The lowest BCUT2D eigenvalue weighted by Crippen LogP contribution is -2.51. The second-order valence-electron chi connectivity index (χ2n) is 4.88. The van der Waals surface area contributed by atoms with E-state index in [4.69, 9.17) is 10.9 Å². The Bertz CT molecular complexity index is 520. The van der Waals surface area contributed by atoms with Crippen molar-refractivity contribution in [2.45, 2.75) is 17.6 Å². The number of aryl methyl sites for hydroxylation is 1. The second-order valence-corrected chi connectivity index (χ2v) is 6.07. The number of likely N-dealkylation sites (tertiary alicyclic amines) is 1. The number of carbonyl (C=O) groups excluding carboxylic acids is 1. The maximum atomic E-state index is 12.3. The molecule has 0 atom stereocenters. The van der Waals surface area contributed by atoms with Crippen molar-refractivity contribution in [3.8, 4) is 0 Å². The van der Waals surface area contributed by atoms with Gasteiger partial charge in [0.05, 0.1) is 16.5 Å². The summed E-state index contributed by atoms with van der Waals surface area (Å²) in [5.41, 5.74) is 6.38. The molecule has 0 aromatic carbocycles. The van der Waals surface area contributed by atoms with Gasteiger partial charge in [-0.15, -0.1) is 0 Å². The molecule has 1 aliphatic rings. The molecule has 20 heavy (non-hydrogen) atoms. The fourth-order valence-corrected chi connectivity index (χ4v) is 3.28. The Hall–Kier alpha value is -1.70. The smallest absolute Gasteiger partial charge is 0.257 e. The summed E-state index contributed by atoms with van der Waals surface area (Å²) in [4.78, 5) is 14.1. The number of aromatic nitrogens is 2. The molecule has 0 radical (unpaired) electrons. The third-order valence-corrected chi connectivity index (χ3v) is 5.17. The number of amidine groups is 1. The minimum atomic E-state index is -0.375. The lowest BCUT2D eigenvalue weighted by Gasteiger charge is -2.39. The van der Waals surface area contributed by atoms with Gasteiger partial charge in [-0.2, -0.15) is 16.9 Å². The Morgan fingerprint density at radius 1 is 1.55 bits per heavy atom. The molecule has 1 saturated heterocycles. The van der Waals surface area contributed by atoms with Crippen molar-refractivity contribution in [3.63, 3.8) is 0 Å². The summed E-state index contributed by atoms with van der Waals surface area (Å²) in [5.74, 6) is 0.214. The molecule has 0 aliphatic carbocycles. The zero-order valence-corrected chi connectivity index (χ0v) is 12.4. The van der Waals surface area contributed by atoms with Gasteiger partial charge in [-0.1, -0.05) is 5.16 Å². The Labute approximate surface area is 121 Å². The molecule has 3 N–H and O–H groups in total. The van der Waals surface area contributed by atoms with E-state index in [1.807, 2.05) is 6.26 Å². The van der Waals surface area contributed by atoms with Crippen LogP contribution in [0.2, 0.25) is 0 Å². The molecule has 7 nitrogen and oxygen atoms in total. The van der Waals surface area contributed by atoms with Crippen molar-refractivity contribution < 1.29 is 10.0 Å². The molecule has 2 heterocycles. The first-order valence-corrected chi connectivity index (χ1v) is 7.56. The zero-order chi connectivity index (χ0) is 14.8. The molecule has 0 saturated carbocycles. The van der Waals surface area contributed by atoms with Crippen molar-refractivity contribution in [3.05, 3.63) is 18.0 Å². The number of hydrogen-bond donors (Lipinski definition) is 2. The van der Waals surface area contributed by atoms with Crippen LogP contribution in [-0.4, -0.2) is 55.7 Å². The predicted molar refractivity (Wildman–Crippen MR) is 78.0 cm³/mol. The topological polar surface area (TPSA) is 96.7 Å². The van der Waals surface area contributed by atoms with Gasteiger partial charge >= 0.3 is 0 Å². The maximum absolute atomic E-state index is 12.3. The quantitative estimate of drug-likeness (QED) is 0.366. The number of carbonyl (C=O) groups is 1. The maximum Gasteiger partial charge on any atom is 0.257 e. The van der Waals surface area contributed by atoms with Gasteiger partial charge in [0.1, 0.15) is 0 Å². The lowest BCUT2D eigenvalue weighted by atomic mass is 9.94. The molecule has 1 aliphatic heterocycles. The molecule has 8 heteroatoms. The summed E-state index contributed by atoms with van der Waals surface area (Å²) in [7, 11) is 1.78. The zero-order valence-electron chi connectivity index (χ0n) is 11.6. The highest BCUT2D eigenvalue weighted by molar-refractivity contribution is 8.00. The van der Waals surface area contributed by atoms with E-state index in [0.29, 0.717) is 31.5 Å². The van der Waals surface area contributed by atoms with E-state index in [2.05, 4.69) is 10.3 Å². The average Bonchev–Trinajstić information content (AvgIpc) is 2.92. The van der Waals surface area contributed by atoms with Crippen molar-refractivity contribution in [2.75, 3.05) is 19.3 Å². The lowest BCUT2D eigenvalue weighted by molar-refractivity contribution is 0.0718. The van der Waals surface area contributed by atoms with Gasteiger partial charge in [-0.05, 0) is 19.1 Å². The van der Waals surface area contributed by atoms with Gasteiger partial charge in [0.25, 0.3) is 5.91 Å². The van der Waals surface area contributed by atoms with Crippen LogP contribution in [0.5, 0.6) is 0 Å². The molecular formula is C12H19N5O2S. The van der Waals surface area contributed by atoms with Crippen LogP contribution in [0.1, 0.15) is 23.2 Å². The normalized spacial score (nSPS) is 19.1. The summed E-state index contributed by atoms with van der Waals surface area (Å²) in [6.07, 6.45) is 6.58. The van der Waals surface area contributed by atoms with Crippen molar-refractivity contribution in [2.24, 2.45) is 17.9 Å². The van der Waals surface area contributed by atoms with E-state index in [-0.39, 0.29) is 16.5 Å². The largest absolute Gasteiger partial charge is 0.409 e. The summed E-state index contributed by atoms with van der Waals surface area (Å²) in [6.45, 7) is 1.18. The number of thioether (sulfide) groups is 1. The Kier molecular flexibility index (Phi) is 4.22. The number of hydrogen-bond acceptors (Lipinski definition) is 5. The van der Waals surface area contributed by atoms with Crippen LogP contribution in [0.4, 0.5) is 0 Å². The van der Waals surface area contributed by atoms with Crippen molar-refractivity contribution in [1.82, 2.24) is 14.7 Å². The van der Waals surface area contributed by atoms with Gasteiger partial charge in [-0.3, -0.25) is 9.48 Å². The van der Waals surface area contributed by atoms with Crippen molar-refractivity contribution >= 4 is 23.5 Å². The van der Waals surface area contributed by atoms with Gasteiger partial charge in [0, 0.05) is 26.3 Å². The average molecular weight is 297 g/mol. The highest BCUT2D eigenvalue weighted by Crippen LogP contribution is 2.35. The predicted octanol–water partition coefficient (Wildman–Crippen LogP) is 0.504. The second kappa shape index (κ2) is 5.74. The number of rotatable bonds is 3. The Balaban J connectivity index is 2.06. The Morgan fingerprint density at radius 3 is 2.65 bits per heavy atom. The molecular weight excluding hydrogens is 278 g/mol. The van der Waals surface area contributed by atoms with Crippen LogP contribution in [0, 0.1) is 0 Å². The van der Waals surface area contributed by atoms with Gasteiger partial charge in [-0.25, -0.2) is 0 Å². The van der Waals surface area contributed by atoms with Crippen LogP contribution in [0.15, 0.2) is 17.5 Å². The molecule has 0 bridgehead atoms. The molecule has 1 aromatic rings. The van der Waals surface area contributed by atoms with Crippen LogP contribution >= 0.6 is 11.8 Å². The van der Waals surface area contributed by atoms with Gasteiger partial charge in [0.2, 0.25) is 0 Å². The summed E-state index contributed by atoms with van der Waals surface area (Å²) in [5, 5.41) is 16.1. The van der Waals surface area contributed by atoms with Crippen LogP contribution in [-0.2, 0) is 7.05 Å². The minimum Gasteiger partial charge on any atom is -0.409 e. The Morgan fingerprint density at radius 2 is 2.20 bits per heavy atom. The molecule has 1 amide bonds. The fourth-order valence-electron chi connectivity index (χ4n) is 2.44. The number of nitrogens with zero attached hydrogens (tertiary/aromatic N) is 4. The first-order chi connectivity index (χ1) is 9.52. The summed E-state index contributed by atoms with van der Waals surface area (Å²) >= 11 is 1.57. The summed E-state index contributed by atoms with van der Waals surface area (Å²) < 4.78 is 1.24. The molecule has 0 unspecified atom stereocenters. The third kappa shape index (κ3) is 2.60. The van der Waals surface area contributed by atoms with E-state index >= 15 is 0 Å². The fraction of sp³-hybridized carbons (Fsp3) is 0.583. The van der Waals surface area contributed by atoms with E-state index in [0.717, 1.165) is 0 Å². The molecule has 110 valence electrons. The highest BCUT2D eigenvalue weighted by atomic mass is 32.2. The van der Waals surface area contributed by atoms with E-state index in [9.17, 15) is 4.79 Å². The number of piperidine rings is 1. The SMILES string of the molecule is CSC1(C(N)=NO)CCN(C(=O)c2cnn(C)c2)CC1. The number of nitrogens with two attached hydrogens (primary N) is 1. The van der Waals surface area contributed by atoms with Gasteiger partial charge < -0.3 is 15.8 Å². The van der Waals surface area contributed by atoms with Gasteiger partial charge in [0.15, 0.2) is 5.84 Å². The first-order valence-electron chi connectivity index (χ1n) is 6.33. The van der Waals surface area contributed by atoms with E-state index < -0.39 is 0 Å². The van der Waals surface area contributed by atoms with Crippen LogP contribution < -0.4 is 5.73 Å². The first kappa shape index (κ1) is 14.7. The third-order valence-electron chi connectivity index (χ3n) is 3.78. The van der Waals surface area contributed by atoms with E-state index in [1.165, 1.54) is 0 Å². The van der Waals surface area contributed by atoms with Crippen LogP contribution in [0.3, 0.4) is 0 Å². The van der Waals surface area contributed by atoms with E-state index in [1.54, 1.807) is 40.8 Å². The molecule has 1 aromatic heterocycles. The number of oxime groups is 1. The standard InChI is InChI=1S/C12H19N5O2S/c1-16-8-9(7-14-16)10(18)17-5-3-12(20-2,4-6-17)11(13)15-19/h7-8,19H,3-6H2,1-2H3,(H2,13,15). The molecule has 1 fully saturated rings. The highest BCUT2D eigenvalue weighted by Gasteiger charge is 2.39. The molecule has 2 rings (SSSR count).